The molecule has 1 unspecified atom stereocenters. The Morgan fingerprint density at radius 1 is 1.20 bits per heavy atom. The van der Waals surface area contributed by atoms with Crippen LogP contribution in [0.5, 0.6) is 11.5 Å². The first-order valence-corrected chi connectivity index (χ1v) is 10.00. The number of carbonyl (C=O) groups excluding carboxylic acids is 1. The molecule has 154 valence electrons. The summed E-state index contributed by atoms with van der Waals surface area (Å²) in [5.74, 6) is 2.83. The molecule has 4 heterocycles. The lowest BCUT2D eigenvalue weighted by Crippen LogP contribution is -2.41. The number of likely N-dealkylation sites (tertiary alicyclic amines) is 1. The summed E-state index contributed by atoms with van der Waals surface area (Å²) in [4.78, 5) is 27.4. The summed E-state index contributed by atoms with van der Waals surface area (Å²) in [6.07, 6.45) is 7.77. The Balaban J connectivity index is 1.20. The summed E-state index contributed by atoms with van der Waals surface area (Å²) in [5.41, 5.74) is 1.51. The first-order valence-electron chi connectivity index (χ1n) is 10.00. The molecular weight excluding hydrogens is 386 g/mol. The van der Waals surface area contributed by atoms with E-state index in [9.17, 15) is 4.79 Å². The number of hydrogen-bond donors (Lipinski definition) is 0. The normalized spacial score (nSPS) is 17.9. The second-order valence-corrected chi connectivity index (χ2v) is 7.52. The van der Waals surface area contributed by atoms with Gasteiger partial charge in [0.2, 0.25) is 24.4 Å². The van der Waals surface area contributed by atoms with Gasteiger partial charge in [-0.2, -0.15) is 4.98 Å². The number of hydrogen-bond acceptors (Lipinski definition) is 8. The van der Waals surface area contributed by atoms with Crippen molar-refractivity contribution in [2.75, 3.05) is 19.9 Å². The smallest absolute Gasteiger partial charge is 0.231 e. The van der Waals surface area contributed by atoms with Crippen LogP contribution in [0, 0.1) is 5.92 Å². The first kappa shape index (κ1) is 18.5. The average molecular weight is 407 g/mol. The Hall–Kier alpha value is -3.49. The minimum Gasteiger partial charge on any atom is -0.454 e. The largest absolute Gasteiger partial charge is 0.454 e. The van der Waals surface area contributed by atoms with Gasteiger partial charge in [0, 0.05) is 31.9 Å². The molecule has 1 saturated heterocycles. The summed E-state index contributed by atoms with van der Waals surface area (Å²) in [5, 5.41) is 4.00. The maximum absolute atomic E-state index is 12.8. The molecule has 0 radical (unpaired) electrons. The number of fused-ring (bicyclic) bond motifs is 1. The topological polar surface area (TPSA) is 103 Å². The van der Waals surface area contributed by atoms with Crippen molar-refractivity contribution < 1.29 is 18.8 Å². The fourth-order valence-electron chi connectivity index (χ4n) is 3.90. The lowest BCUT2D eigenvalue weighted by atomic mass is 9.94. The highest BCUT2D eigenvalue weighted by molar-refractivity contribution is 5.79. The Kier molecular flexibility index (Phi) is 5.00. The summed E-state index contributed by atoms with van der Waals surface area (Å²) < 4.78 is 16.1. The van der Waals surface area contributed by atoms with E-state index < -0.39 is 0 Å². The standard InChI is InChI=1S/C21H21N5O4/c27-20(10-14-3-4-17-18(8-14)29-13-28-17)26-7-1-2-15(12-26)9-19-24-21(25-30-19)16-11-22-5-6-23-16/h3-6,8,11,15H,1-2,7,9-10,12-13H2. The minimum atomic E-state index is 0.115. The lowest BCUT2D eigenvalue weighted by Gasteiger charge is -2.32. The van der Waals surface area contributed by atoms with Crippen LogP contribution in [-0.2, 0) is 17.6 Å². The molecule has 2 aliphatic rings. The van der Waals surface area contributed by atoms with E-state index in [1.807, 2.05) is 23.1 Å². The van der Waals surface area contributed by atoms with Crippen molar-refractivity contribution in [3.05, 3.63) is 48.2 Å². The van der Waals surface area contributed by atoms with Gasteiger partial charge in [-0.05, 0) is 36.5 Å². The fraction of sp³-hybridized carbons (Fsp3) is 0.381. The second kappa shape index (κ2) is 8.10. The highest BCUT2D eigenvalue weighted by atomic mass is 16.7. The average Bonchev–Trinajstić information content (AvgIpc) is 3.44. The molecule has 2 aromatic heterocycles. The molecule has 0 spiro atoms. The molecule has 0 aliphatic carbocycles. The van der Waals surface area contributed by atoms with E-state index in [4.69, 9.17) is 14.0 Å². The van der Waals surface area contributed by atoms with Crippen molar-refractivity contribution in [2.45, 2.75) is 25.7 Å². The first-order chi connectivity index (χ1) is 14.7. The molecule has 2 aliphatic heterocycles. The third-order valence-corrected chi connectivity index (χ3v) is 5.39. The van der Waals surface area contributed by atoms with Gasteiger partial charge in [-0.25, -0.2) is 4.98 Å². The molecule has 1 atom stereocenters. The number of nitrogens with zero attached hydrogens (tertiary/aromatic N) is 5. The van der Waals surface area contributed by atoms with E-state index in [0.717, 1.165) is 30.7 Å². The van der Waals surface area contributed by atoms with E-state index in [0.29, 0.717) is 42.5 Å². The van der Waals surface area contributed by atoms with E-state index in [2.05, 4.69) is 20.1 Å². The van der Waals surface area contributed by atoms with Gasteiger partial charge in [0.25, 0.3) is 0 Å². The molecule has 0 bridgehead atoms. The van der Waals surface area contributed by atoms with E-state index in [1.165, 1.54) is 0 Å². The maximum Gasteiger partial charge on any atom is 0.231 e. The van der Waals surface area contributed by atoms with Crippen LogP contribution in [0.4, 0.5) is 0 Å². The Morgan fingerprint density at radius 2 is 2.13 bits per heavy atom. The zero-order valence-corrected chi connectivity index (χ0v) is 16.4. The van der Waals surface area contributed by atoms with Gasteiger partial charge in [-0.1, -0.05) is 11.2 Å². The molecule has 30 heavy (non-hydrogen) atoms. The van der Waals surface area contributed by atoms with Crippen LogP contribution in [0.15, 0.2) is 41.3 Å². The van der Waals surface area contributed by atoms with Crippen molar-refractivity contribution in [1.29, 1.82) is 0 Å². The number of carbonyl (C=O) groups is 1. The third kappa shape index (κ3) is 3.96. The van der Waals surface area contributed by atoms with Crippen LogP contribution in [0.1, 0.15) is 24.3 Å². The third-order valence-electron chi connectivity index (χ3n) is 5.39. The number of benzene rings is 1. The number of amides is 1. The second-order valence-electron chi connectivity index (χ2n) is 7.52. The fourth-order valence-corrected chi connectivity index (χ4v) is 3.90. The molecular formula is C21H21N5O4. The monoisotopic (exact) mass is 407 g/mol. The lowest BCUT2D eigenvalue weighted by molar-refractivity contribution is -0.132. The van der Waals surface area contributed by atoms with Gasteiger partial charge in [0.05, 0.1) is 12.6 Å². The molecule has 5 rings (SSSR count). The van der Waals surface area contributed by atoms with Gasteiger partial charge < -0.3 is 18.9 Å². The van der Waals surface area contributed by atoms with Gasteiger partial charge >= 0.3 is 0 Å². The van der Waals surface area contributed by atoms with Gasteiger partial charge in [-0.3, -0.25) is 9.78 Å². The van der Waals surface area contributed by atoms with Crippen LogP contribution in [0.25, 0.3) is 11.5 Å². The summed E-state index contributed by atoms with van der Waals surface area (Å²) in [6, 6.07) is 5.65. The van der Waals surface area contributed by atoms with Crippen molar-refractivity contribution in [2.24, 2.45) is 5.92 Å². The molecule has 9 heteroatoms. The SMILES string of the molecule is O=C(Cc1ccc2c(c1)OCO2)N1CCCC(Cc2nc(-c3cnccn3)no2)C1. The zero-order valence-electron chi connectivity index (χ0n) is 16.4. The number of rotatable bonds is 5. The van der Waals surface area contributed by atoms with E-state index in [1.54, 1.807) is 18.6 Å². The van der Waals surface area contributed by atoms with Crippen molar-refractivity contribution in [3.63, 3.8) is 0 Å². The van der Waals surface area contributed by atoms with Crippen LogP contribution in [-0.4, -0.2) is 50.8 Å². The molecule has 0 N–H and O–H groups in total. The van der Waals surface area contributed by atoms with Crippen molar-refractivity contribution in [1.82, 2.24) is 25.0 Å². The van der Waals surface area contributed by atoms with Crippen LogP contribution in [0.2, 0.25) is 0 Å². The van der Waals surface area contributed by atoms with E-state index >= 15 is 0 Å². The van der Waals surface area contributed by atoms with Crippen molar-refractivity contribution in [3.8, 4) is 23.0 Å². The van der Waals surface area contributed by atoms with Crippen LogP contribution in [0.3, 0.4) is 0 Å². The molecule has 1 aromatic carbocycles. The Labute approximate surface area is 173 Å². The number of piperidine rings is 1. The van der Waals surface area contributed by atoms with Crippen LogP contribution >= 0.6 is 0 Å². The van der Waals surface area contributed by atoms with Crippen molar-refractivity contribution >= 4 is 5.91 Å². The highest BCUT2D eigenvalue weighted by Crippen LogP contribution is 2.33. The molecule has 1 fully saturated rings. The van der Waals surface area contributed by atoms with E-state index in [-0.39, 0.29) is 18.6 Å². The Bertz CT molecular complexity index is 1040. The van der Waals surface area contributed by atoms with Gasteiger partial charge in [0.1, 0.15) is 5.69 Å². The summed E-state index contributed by atoms with van der Waals surface area (Å²) in [6.45, 7) is 1.69. The molecule has 3 aromatic rings. The summed E-state index contributed by atoms with van der Waals surface area (Å²) in [7, 11) is 0. The highest BCUT2D eigenvalue weighted by Gasteiger charge is 2.26. The number of aromatic nitrogens is 4. The predicted octanol–water partition coefficient (Wildman–Crippen LogP) is 2.28. The Morgan fingerprint density at radius 3 is 3.03 bits per heavy atom. The predicted molar refractivity (Wildman–Crippen MR) is 105 cm³/mol. The quantitative estimate of drug-likeness (QED) is 0.635. The minimum absolute atomic E-state index is 0.115. The number of ether oxygens (including phenoxy) is 2. The summed E-state index contributed by atoms with van der Waals surface area (Å²) >= 11 is 0. The van der Waals surface area contributed by atoms with Gasteiger partial charge in [0.15, 0.2) is 11.5 Å². The zero-order chi connectivity index (χ0) is 20.3. The van der Waals surface area contributed by atoms with Crippen LogP contribution < -0.4 is 9.47 Å². The van der Waals surface area contributed by atoms with Gasteiger partial charge in [-0.15, -0.1) is 0 Å². The molecule has 1 amide bonds. The molecule has 0 saturated carbocycles. The molecule has 9 nitrogen and oxygen atoms in total. The maximum atomic E-state index is 12.8.